The maximum Gasteiger partial charge on any atom is 0.164 e. The third-order valence-electron chi connectivity index (χ3n) is 13.8. The lowest BCUT2D eigenvalue weighted by Crippen LogP contribution is -2.03. The molecule has 14 rings (SSSR count). The standard InChI is InChI=1S/C63H41N5O/c1-4-17-40(18-5-1)61-64-62(41-19-6-2-7-20-41)66-63(65-61)45-22-14-21-44(37-45)47-27-15-28-51-52-29-16-32-57(60(52)69-59(47)51)68-55-31-13-11-26-49(55)53-38-42(34-36-56(53)68)43-33-35-50-48-25-10-12-30-54(48)67(58(50)39-43)46-23-8-3-9-24-46/h1-12,14-30,32-39H,13,31H2. The molecular weight excluding hydrogens is 843 g/mol. The molecule has 4 heterocycles. The number of fused-ring (bicyclic) bond motifs is 9. The second kappa shape index (κ2) is 15.8. The van der Waals surface area contributed by atoms with Crippen LogP contribution < -0.4 is 0 Å². The highest BCUT2D eigenvalue weighted by Gasteiger charge is 2.24. The van der Waals surface area contributed by atoms with E-state index in [-0.39, 0.29) is 0 Å². The van der Waals surface area contributed by atoms with Gasteiger partial charge in [-0.1, -0.05) is 176 Å². The number of benzene rings is 9. The van der Waals surface area contributed by atoms with Gasteiger partial charge in [0, 0.05) is 66.1 Å². The summed E-state index contributed by atoms with van der Waals surface area (Å²) in [6, 6.07) is 75.0. The number of para-hydroxylation sites is 4. The summed E-state index contributed by atoms with van der Waals surface area (Å²) in [6.45, 7) is 0. The van der Waals surface area contributed by atoms with Gasteiger partial charge >= 0.3 is 0 Å². The van der Waals surface area contributed by atoms with Crippen LogP contribution in [0.1, 0.15) is 17.7 Å². The normalized spacial score (nSPS) is 12.5. The smallest absolute Gasteiger partial charge is 0.164 e. The predicted molar refractivity (Wildman–Crippen MR) is 283 cm³/mol. The van der Waals surface area contributed by atoms with Gasteiger partial charge in [-0.2, -0.15) is 0 Å². The van der Waals surface area contributed by atoms with Crippen LogP contribution in [0.5, 0.6) is 0 Å². The van der Waals surface area contributed by atoms with Gasteiger partial charge in [-0.25, -0.2) is 15.0 Å². The first-order chi connectivity index (χ1) is 34.2. The molecule has 6 heteroatoms. The lowest BCUT2D eigenvalue weighted by Gasteiger charge is -2.13. The molecule has 0 fully saturated rings. The Balaban J connectivity index is 0.893. The summed E-state index contributed by atoms with van der Waals surface area (Å²) in [6.07, 6.45) is 6.55. The zero-order chi connectivity index (χ0) is 45.4. The number of furan rings is 1. The quantitative estimate of drug-likeness (QED) is 0.160. The molecule has 0 unspecified atom stereocenters. The van der Waals surface area contributed by atoms with Crippen molar-refractivity contribution in [1.82, 2.24) is 24.1 Å². The Hall–Kier alpha value is -9.13. The second-order valence-corrected chi connectivity index (χ2v) is 17.8. The molecule has 0 bridgehead atoms. The molecule has 0 atom stereocenters. The van der Waals surface area contributed by atoms with Crippen LogP contribution in [0, 0.1) is 0 Å². The van der Waals surface area contributed by atoms with Crippen molar-refractivity contribution in [3.05, 3.63) is 230 Å². The van der Waals surface area contributed by atoms with Gasteiger partial charge in [0.15, 0.2) is 23.1 Å². The molecule has 0 N–H and O–H groups in total. The molecule has 1 aliphatic rings. The largest absolute Gasteiger partial charge is 0.453 e. The molecule has 0 aliphatic heterocycles. The monoisotopic (exact) mass is 883 g/mol. The minimum Gasteiger partial charge on any atom is -0.453 e. The average Bonchev–Trinajstić information content (AvgIpc) is 4.09. The van der Waals surface area contributed by atoms with E-state index in [0.29, 0.717) is 17.5 Å². The fourth-order valence-corrected chi connectivity index (χ4v) is 10.7. The number of hydrogen-bond acceptors (Lipinski definition) is 4. The molecular formula is C63H41N5O. The first kappa shape index (κ1) is 39.1. The molecule has 13 aromatic rings. The topological polar surface area (TPSA) is 61.7 Å². The molecule has 1 aliphatic carbocycles. The number of allylic oxidation sites excluding steroid dienone is 1. The Morgan fingerprint density at radius 3 is 1.74 bits per heavy atom. The Kier molecular flexibility index (Phi) is 8.92. The van der Waals surface area contributed by atoms with Crippen LogP contribution >= 0.6 is 0 Å². The lowest BCUT2D eigenvalue weighted by atomic mass is 9.98. The zero-order valence-corrected chi connectivity index (χ0v) is 37.4. The molecule has 69 heavy (non-hydrogen) atoms. The van der Waals surface area contributed by atoms with Crippen LogP contribution in [0.2, 0.25) is 0 Å². The van der Waals surface area contributed by atoms with Crippen molar-refractivity contribution in [3.8, 4) is 67.8 Å². The van der Waals surface area contributed by atoms with Crippen molar-refractivity contribution in [2.45, 2.75) is 12.8 Å². The summed E-state index contributed by atoms with van der Waals surface area (Å²) < 4.78 is 12.0. The van der Waals surface area contributed by atoms with Crippen LogP contribution in [-0.2, 0) is 6.42 Å². The van der Waals surface area contributed by atoms with Crippen LogP contribution in [0.4, 0.5) is 0 Å². The third-order valence-corrected chi connectivity index (χ3v) is 13.8. The fraction of sp³-hybridized carbons (Fsp3) is 0.0317. The van der Waals surface area contributed by atoms with Gasteiger partial charge in [0.2, 0.25) is 0 Å². The van der Waals surface area contributed by atoms with E-state index >= 15 is 0 Å². The SMILES string of the molecule is C1=Cc2c(n(-c3cccc4c3oc3c(-c5cccc(-c6nc(-c7ccccc7)nc(-c7ccccc7)n6)c5)cccc34)c3ccc(-c4ccc5c6ccccc6n(-c6ccccc6)c5c4)cc23)CC1. The highest BCUT2D eigenvalue weighted by atomic mass is 16.3. The predicted octanol–water partition coefficient (Wildman–Crippen LogP) is 16.1. The number of aromatic nitrogens is 5. The maximum absolute atomic E-state index is 7.16. The lowest BCUT2D eigenvalue weighted by molar-refractivity contribution is 0.666. The molecule has 324 valence electrons. The van der Waals surface area contributed by atoms with Gasteiger partial charge in [0.25, 0.3) is 0 Å². The first-order valence-electron chi connectivity index (χ1n) is 23.6. The third kappa shape index (κ3) is 6.37. The number of nitrogens with zero attached hydrogens (tertiary/aromatic N) is 5. The van der Waals surface area contributed by atoms with Gasteiger partial charge < -0.3 is 13.6 Å². The van der Waals surface area contributed by atoms with Crippen molar-refractivity contribution < 1.29 is 4.42 Å². The van der Waals surface area contributed by atoms with E-state index in [1.807, 2.05) is 60.7 Å². The van der Waals surface area contributed by atoms with Crippen molar-refractivity contribution >= 4 is 60.7 Å². The highest BCUT2D eigenvalue weighted by molar-refractivity contribution is 6.13. The summed E-state index contributed by atoms with van der Waals surface area (Å²) in [5, 5.41) is 5.89. The van der Waals surface area contributed by atoms with Gasteiger partial charge in [-0.3, -0.25) is 0 Å². The van der Waals surface area contributed by atoms with Gasteiger partial charge in [0.1, 0.15) is 5.58 Å². The summed E-state index contributed by atoms with van der Waals surface area (Å²) in [5.41, 5.74) is 17.2. The Bertz CT molecular complexity index is 4120. The van der Waals surface area contributed by atoms with Crippen molar-refractivity contribution in [2.75, 3.05) is 0 Å². The van der Waals surface area contributed by atoms with Crippen LogP contribution in [0.25, 0.3) is 129 Å². The summed E-state index contributed by atoms with van der Waals surface area (Å²) in [7, 11) is 0. The molecule has 6 nitrogen and oxygen atoms in total. The van der Waals surface area contributed by atoms with Crippen molar-refractivity contribution in [2.24, 2.45) is 0 Å². The minimum absolute atomic E-state index is 0.612. The van der Waals surface area contributed by atoms with Crippen molar-refractivity contribution in [3.63, 3.8) is 0 Å². The van der Waals surface area contributed by atoms with Crippen LogP contribution in [-0.4, -0.2) is 24.1 Å². The summed E-state index contributed by atoms with van der Waals surface area (Å²) in [5.74, 6) is 1.88. The molecule has 9 aromatic carbocycles. The van der Waals surface area contributed by atoms with Gasteiger partial charge in [-0.05, 0) is 78.1 Å². The fourth-order valence-electron chi connectivity index (χ4n) is 10.7. The van der Waals surface area contributed by atoms with E-state index in [1.54, 1.807) is 0 Å². The second-order valence-electron chi connectivity index (χ2n) is 17.8. The number of hydrogen-bond donors (Lipinski definition) is 0. The Labute approximate surface area is 397 Å². The zero-order valence-electron chi connectivity index (χ0n) is 37.4. The van der Waals surface area contributed by atoms with Crippen molar-refractivity contribution in [1.29, 1.82) is 0 Å². The maximum atomic E-state index is 7.16. The first-order valence-corrected chi connectivity index (χ1v) is 23.6. The minimum atomic E-state index is 0.612. The van der Waals surface area contributed by atoms with E-state index in [0.717, 1.165) is 79.5 Å². The summed E-state index contributed by atoms with van der Waals surface area (Å²) in [4.78, 5) is 15.0. The Morgan fingerprint density at radius 1 is 0.377 bits per heavy atom. The van der Waals surface area contributed by atoms with Crippen LogP contribution in [0.15, 0.2) is 223 Å². The molecule has 4 aromatic heterocycles. The molecule has 0 spiro atoms. The van der Waals surface area contributed by atoms with E-state index in [4.69, 9.17) is 19.4 Å². The molecule has 0 saturated carbocycles. The molecule has 0 amide bonds. The van der Waals surface area contributed by atoms with Gasteiger partial charge in [0.05, 0.1) is 22.2 Å². The van der Waals surface area contributed by atoms with Gasteiger partial charge in [-0.15, -0.1) is 0 Å². The summed E-state index contributed by atoms with van der Waals surface area (Å²) >= 11 is 0. The van der Waals surface area contributed by atoms with E-state index in [1.165, 1.54) is 49.6 Å². The molecule has 0 saturated heterocycles. The van der Waals surface area contributed by atoms with Crippen LogP contribution in [0.3, 0.4) is 0 Å². The molecule has 0 radical (unpaired) electrons. The highest BCUT2D eigenvalue weighted by Crippen LogP contribution is 2.43. The Morgan fingerprint density at radius 2 is 0.957 bits per heavy atom. The number of rotatable bonds is 7. The average molecular weight is 884 g/mol. The van der Waals surface area contributed by atoms with E-state index in [2.05, 4.69) is 173 Å². The van der Waals surface area contributed by atoms with E-state index in [9.17, 15) is 0 Å². The van der Waals surface area contributed by atoms with E-state index < -0.39 is 0 Å².